The predicted octanol–water partition coefficient (Wildman–Crippen LogP) is 3.51. The Bertz CT molecular complexity index is 550. The van der Waals surface area contributed by atoms with Gasteiger partial charge < -0.3 is 10.2 Å². The maximum Gasteiger partial charge on any atom is 0.123 e. The van der Waals surface area contributed by atoms with Crippen LogP contribution in [0.2, 0.25) is 5.02 Å². The van der Waals surface area contributed by atoms with E-state index in [1.54, 1.807) is 24.3 Å². The Kier molecular flexibility index (Phi) is 3.36. The summed E-state index contributed by atoms with van der Waals surface area (Å²) in [6.07, 6.45) is 0. The van der Waals surface area contributed by atoms with E-state index in [1.807, 2.05) is 19.1 Å². The van der Waals surface area contributed by atoms with Crippen LogP contribution in [0, 0.1) is 6.92 Å². The molecule has 0 amide bonds. The van der Waals surface area contributed by atoms with Crippen molar-refractivity contribution in [1.29, 1.82) is 0 Å². The van der Waals surface area contributed by atoms with Gasteiger partial charge in [-0.25, -0.2) is 0 Å². The molecule has 0 bridgehead atoms. The van der Waals surface area contributed by atoms with Gasteiger partial charge in [-0.1, -0.05) is 29.3 Å². The highest BCUT2D eigenvalue weighted by molar-refractivity contribution is 6.30. The minimum Gasteiger partial charge on any atom is -0.507 e. The fraction of sp³-hybridized carbons (Fsp3) is 0.143. The second-order valence-electron chi connectivity index (χ2n) is 3.98. The van der Waals surface area contributed by atoms with Crippen LogP contribution in [0.4, 0.5) is 0 Å². The van der Waals surface area contributed by atoms with E-state index >= 15 is 0 Å². The second kappa shape index (κ2) is 4.78. The molecule has 0 aromatic heterocycles. The van der Waals surface area contributed by atoms with Gasteiger partial charge in [0.25, 0.3) is 0 Å². The first kappa shape index (κ1) is 12.0. The van der Waals surface area contributed by atoms with Crippen LogP contribution in [-0.4, -0.2) is 10.2 Å². The Hall–Kier alpha value is -1.51. The van der Waals surface area contributed by atoms with Crippen molar-refractivity contribution in [1.82, 2.24) is 0 Å². The number of phenolic OH excluding ortho intramolecular Hbond substituents is 1. The zero-order valence-electron chi connectivity index (χ0n) is 9.44. The van der Waals surface area contributed by atoms with E-state index in [9.17, 15) is 10.2 Å². The van der Waals surface area contributed by atoms with Gasteiger partial charge >= 0.3 is 0 Å². The Morgan fingerprint density at radius 1 is 1.06 bits per heavy atom. The first-order chi connectivity index (χ1) is 8.11. The molecule has 2 rings (SSSR count). The minimum atomic E-state index is -0.0834. The molecular formula is C14H13ClO2. The highest BCUT2D eigenvalue weighted by atomic mass is 35.5. The van der Waals surface area contributed by atoms with Crippen LogP contribution in [0.1, 0.15) is 11.1 Å². The van der Waals surface area contributed by atoms with Gasteiger partial charge in [0.05, 0.1) is 6.61 Å². The van der Waals surface area contributed by atoms with Crippen molar-refractivity contribution in [3.8, 4) is 16.9 Å². The van der Waals surface area contributed by atoms with Gasteiger partial charge in [0, 0.05) is 10.6 Å². The third-order valence-electron chi connectivity index (χ3n) is 2.68. The van der Waals surface area contributed by atoms with Gasteiger partial charge in [-0.3, -0.25) is 0 Å². The smallest absolute Gasteiger partial charge is 0.123 e. The SMILES string of the molecule is Cc1ccc(O)c(-c2cc(Cl)ccc2CO)c1. The number of aromatic hydroxyl groups is 1. The summed E-state index contributed by atoms with van der Waals surface area (Å²) in [4.78, 5) is 0. The lowest BCUT2D eigenvalue weighted by molar-refractivity contribution is 0.282. The average molecular weight is 249 g/mol. The van der Waals surface area contributed by atoms with Crippen molar-refractivity contribution >= 4 is 11.6 Å². The number of phenols is 1. The zero-order chi connectivity index (χ0) is 12.4. The van der Waals surface area contributed by atoms with E-state index < -0.39 is 0 Å². The molecule has 0 radical (unpaired) electrons. The van der Waals surface area contributed by atoms with Crippen molar-refractivity contribution in [3.05, 3.63) is 52.5 Å². The molecule has 2 aromatic carbocycles. The fourth-order valence-corrected chi connectivity index (χ4v) is 1.97. The largest absolute Gasteiger partial charge is 0.507 e. The molecule has 0 saturated carbocycles. The van der Waals surface area contributed by atoms with Crippen molar-refractivity contribution in [2.24, 2.45) is 0 Å². The molecule has 2 N–H and O–H groups in total. The number of aliphatic hydroxyl groups excluding tert-OH is 1. The predicted molar refractivity (Wildman–Crippen MR) is 69.2 cm³/mol. The summed E-state index contributed by atoms with van der Waals surface area (Å²) in [5.74, 6) is 0.188. The van der Waals surface area contributed by atoms with Gasteiger partial charge in [0.15, 0.2) is 0 Å². The molecule has 2 nitrogen and oxygen atoms in total. The lowest BCUT2D eigenvalue weighted by Crippen LogP contribution is -1.90. The first-order valence-corrected chi connectivity index (χ1v) is 5.69. The second-order valence-corrected chi connectivity index (χ2v) is 4.42. The highest BCUT2D eigenvalue weighted by Gasteiger charge is 2.09. The Morgan fingerprint density at radius 3 is 2.53 bits per heavy atom. The Labute approximate surface area is 105 Å². The number of aliphatic hydroxyl groups is 1. The van der Waals surface area contributed by atoms with Crippen molar-refractivity contribution in [2.75, 3.05) is 0 Å². The minimum absolute atomic E-state index is 0.0834. The van der Waals surface area contributed by atoms with Crippen LogP contribution in [0.25, 0.3) is 11.1 Å². The molecule has 0 atom stereocenters. The molecule has 3 heteroatoms. The van der Waals surface area contributed by atoms with Crippen molar-refractivity contribution in [3.63, 3.8) is 0 Å². The third-order valence-corrected chi connectivity index (χ3v) is 2.92. The molecule has 0 aliphatic heterocycles. The zero-order valence-corrected chi connectivity index (χ0v) is 10.2. The van der Waals surface area contributed by atoms with Crippen LogP contribution >= 0.6 is 11.6 Å². The molecular weight excluding hydrogens is 236 g/mol. The van der Waals surface area contributed by atoms with Crippen LogP contribution in [0.15, 0.2) is 36.4 Å². The molecule has 0 saturated heterocycles. The molecule has 0 aliphatic carbocycles. The quantitative estimate of drug-likeness (QED) is 0.854. The van der Waals surface area contributed by atoms with Gasteiger partial charge in [-0.05, 0) is 42.3 Å². The van der Waals surface area contributed by atoms with E-state index in [0.29, 0.717) is 10.6 Å². The monoisotopic (exact) mass is 248 g/mol. The van der Waals surface area contributed by atoms with E-state index in [2.05, 4.69) is 0 Å². The average Bonchev–Trinajstić information content (AvgIpc) is 2.32. The van der Waals surface area contributed by atoms with Gasteiger partial charge in [-0.15, -0.1) is 0 Å². The van der Waals surface area contributed by atoms with Crippen LogP contribution in [0.3, 0.4) is 0 Å². The van der Waals surface area contributed by atoms with Crippen LogP contribution in [0.5, 0.6) is 5.75 Å². The molecule has 17 heavy (non-hydrogen) atoms. The summed E-state index contributed by atoms with van der Waals surface area (Å²) in [6.45, 7) is 1.87. The van der Waals surface area contributed by atoms with Gasteiger partial charge in [0.1, 0.15) is 5.75 Å². The van der Waals surface area contributed by atoms with Gasteiger partial charge in [-0.2, -0.15) is 0 Å². The summed E-state index contributed by atoms with van der Waals surface area (Å²) < 4.78 is 0. The number of halogens is 1. The summed E-state index contributed by atoms with van der Waals surface area (Å²) >= 11 is 5.95. The molecule has 0 unspecified atom stereocenters. The third kappa shape index (κ3) is 2.43. The lowest BCUT2D eigenvalue weighted by Gasteiger charge is -2.11. The molecule has 88 valence electrons. The molecule has 0 spiro atoms. The van der Waals surface area contributed by atoms with E-state index in [4.69, 9.17) is 11.6 Å². The highest BCUT2D eigenvalue weighted by Crippen LogP contribution is 2.34. The summed E-state index contributed by atoms with van der Waals surface area (Å²) in [5, 5.41) is 19.8. The topological polar surface area (TPSA) is 40.5 Å². The van der Waals surface area contributed by atoms with E-state index in [1.165, 1.54) is 0 Å². The number of hydrogen-bond donors (Lipinski definition) is 2. The Morgan fingerprint density at radius 2 is 1.82 bits per heavy atom. The van der Waals surface area contributed by atoms with E-state index in [-0.39, 0.29) is 12.4 Å². The first-order valence-electron chi connectivity index (χ1n) is 5.31. The maximum atomic E-state index is 9.87. The normalized spacial score (nSPS) is 10.5. The van der Waals surface area contributed by atoms with Crippen LogP contribution < -0.4 is 0 Å². The van der Waals surface area contributed by atoms with Crippen LogP contribution in [-0.2, 0) is 6.61 Å². The Balaban J connectivity index is 2.66. The summed E-state index contributed by atoms with van der Waals surface area (Å²) in [6, 6.07) is 10.6. The van der Waals surface area contributed by atoms with Crippen molar-refractivity contribution < 1.29 is 10.2 Å². The van der Waals surface area contributed by atoms with Crippen molar-refractivity contribution in [2.45, 2.75) is 13.5 Å². The standard InChI is InChI=1S/C14H13ClO2/c1-9-2-5-14(17)13(6-9)12-7-11(15)4-3-10(12)8-16/h2-7,16-17H,8H2,1H3. The number of hydrogen-bond acceptors (Lipinski definition) is 2. The maximum absolute atomic E-state index is 9.87. The fourth-order valence-electron chi connectivity index (χ4n) is 1.80. The number of benzene rings is 2. The number of aryl methyl sites for hydroxylation is 1. The molecule has 2 aromatic rings. The molecule has 0 aliphatic rings. The van der Waals surface area contributed by atoms with E-state index in [0.717, 1.165) is 16.7 Å². The number of rotatable bonds is 2. The lowest BCUT2D eigenvalue weighted by atomic mass is 9.98. The van der Waals surface area contributed by atoms with Gasteiger partial charge in [0.2, 0.25) is 0 Å². The summed E-state index contributed by atoms with van der Waals surface area (Å²) in [5.41, 5.74) is 3.25. The summed E-state index contributed by atoms with van der Waals surface area (Å²) in [7, 11) is 0. The molecule has 0 heterocycles. The molecule has 0 fully saturated rings.